The lowest BCUT2D eigenvalue weighted by Crippen LogP contribution is -2.06. The molecule has 1 aliphatic rings. The monoisotopic (exact) mass is 208 g/mol. The van der Waals surface area contributed by atoms with Gasteiger partial charge in [-0.25, -0.2) is 9.97 Å². The van der Waals surface area contributed by atoms with Crippen LogP contribution in [-0.4, -0.2) is 21.0 Å². The number of thioether (sulfide) groups is 1. The number of hydrogen-bond donors (Lipinski definition) is 0. The van der Waals surface area contributed by atoms with E-state index in [0.29, 0.717) is 11.8 Å². The Bertz CT molecular complexity index is 304. The van der Waals surface area contributed by atoms with Gasteiger partial charge >= 0.3 is 0 Å². The summed E-state index contributed by atoms with van der Waals surface area (Å²) in [5.74, 6) is 3.32. The summed E-state index contributed by atoms with van der Waals surface area (Å²) in [6.07, 6.45) is 3.94. The van der Waals surface area contributed by atoms with Crippen LogP contribution in [0, 0.1) is 0 Å². The highest BCUT2D eigenvalue weighted by molar-refractivity contribution is 8.06. The zero-order valence-electron chi connectivity index (χ0n) is 8.90. The van der Waals surface area contributed by atoms with E-state index in [0.717, 1.165) is 11.1 Å². The van der Waals surface area contributed by atoms with E-state index in [1.165, 1.54) is 11.3 Å². The van der Waals surface area contributed by atoms with Gasteiger partial charge in [0.2, 0.25) is 0 Å². The number of nitrogens with zero attached hydrogens (tertiary/aromatic N) is 2. The zero-order chi connectivity index (χ0) is 10.1. The van der Waals surface area contributed by atoms with Crippen LogP contribution >= 0.6 is 11.8 Å². The normalized spacial score (nSPS) is 22.4. The van der Waals surface area contributed by atoms with Crippen LogP contribution in [0.25, 0.3) is 0 Å². The van der Waals surface area contributed by atoms with Gasteiger partial charge in [0.25, 0.3) is 0 Å². The van der Waals surface area contributed by atoms with Gasteiger partial charge in [0.15, 0.2) is 0 Å². The SMILES string of the molecule is CC(C)c1cnc(C(C)C2CS2)nc1. The fraction of sp³-hybridized carbons (Fsp3) is 0.636. The van der Waals surface area contributed by atoms with Gasteiger partial charge in [0.1, 0.15) is 5.82 Å². The van der Waals surface area contributed by atoms with Crippen molar-refractivity contribution in [3.8, 4) is 0 Å². The summed E-state index contributed by atoms with van der Waals surface area (Å²) >= 11 is 2.00. The first-order valence-electron chi connectivity index (χ1n) is 5.12. The Kier molecular flexibility index (Phi) is 2.77. The van der Waals surface area contributed by atoms with Crippen LogP contribution < -0.4 is 0 Å². The van der Waals surface area contributed by atoms with E-state index in [1.807, 2.05) is 24.2 Å². The van der Waals surface area contributed by atoms with Crippen molar-refractivity contribution in [3.63, 3.8) is 0 Å². The summed E-state index contributed by atoms with van der Waals surface area (Å²) in [4.78, 5) is 8.87. The highest BCUT2D eigenvalue weighted by Gasteiger charge is 2.31. The minimum Gasteiger partial charge on any atom is -0.241 e. The van der Waals surface area contributed by atoms with E-state index in [1.54, 1.807) is 0 Å². The third-order valence-electron chi connectivity index (χ3n) is 2.68. The molecule has 0 bridgehead atoms. The lowest BCUT2D eigenvalue weighted by Gasteiger charge is -2.09. The molecule has 1 fully saturated rings. The van der Waals surface area contributed by atoms with E-state index < -0.39 is 0 Å². The summed E-state index contributed by atoms with van der Waals surface area (Å²) in [5.41, 5.74) is 1.23. The van der Waals surface area contributed by atoms with E-state index in [4.69, 9.17) is 0 Å². The molecule has 3 heteroatoms. The molecule has 2 nitrogen and oxygen atoms in total. The standard InChI is InChI=1S/C11H16N2S/c1-7(2)9-4-12-11(13-5-9)8(3)10-6-14-10/h4-5,7-8,10H,6H2,1-3H3. The van der Waals surface area contributed by atoms with Crippen molar-refractivity contribution in [2.24, 2.45) is 0 Å². The molecule has 1 aromatic heterocycles. The number of rotatable bonds is 3. The van der Waals surface area contributed by atoms with E-state index in [2.05, 4.69) is 30.7 Å². The largest absolute Gasteiger partial charge is 0.241 e. The summed E-state index contributed by atoms with van der Waals surface area (Å²) < 4.78 is 0. The first-order chi connectivity index (χ1) is 6.68. The molecule has 2 rings (SSSR count). The molecule has 0 aliphatic carbocycles. The van der Waals surface area contributed by atoms with Gasteiger partial charge in [-0.05, 0) is 11.5 Å². The van der Waals surface area contributed by atoms with Crippen molar-refractivity contribution in [3.05, 3.63) is 23.8 Å². The predicted molar refractivity (Wildman–Crippen MR) is 60.8 cm³/mol. The van der Waals surface area contributed by atoms with Crippen molar-refractivity contribution in [2.75, 3.05) is 5.75 Å². The van der Waals surface area contributed by atoms with Crippen LogP contribution in [0.4, 0.5) is 0 Å². The van der Waals surface area contributed by atoms with Crippen LogP contribution in [0.5, 0.6) is 0 Å². The van der Waals surface area contributed by atoms with E-state index in [9.17, 15) is 0 Å². The molecule has 14 heavy (non-hydrogen) atoms. The summed E-state index contributed by atoms with van der Waals surface area (Å²) in [6.45, 7) is 6.55. The molecule has 0 saturated carbocycles. The van der Waals surface area contributed by atoms with Gasteiger partial charge < -0.3 is 0 Å². The second-order valence-electron chi connectivity index (χ2n) is 4.19. The first-order valence-corrected chi connectivity index (χ1v) is 6.17. The predicted octanol–water partition coefficient (Wildman–Crippen LogP) is 2.82. The van der Waals surface area contributed by atoms with Gasteiger partial charge in [-0.15, -0.1) is 0 Å². The van der Waals surface area contributed by atoms with Gasteiger partial charge in [0, 0.05) is 29.3 Å². The minimum absolute atomic E-state index is 0.515. The molecule has 1 saturated heterocycles. The zero-order valence-corrected chi connectivity index (χ0v) is 9.71. The van der Waals surface area contributed by atoms with Gasteiger partial charge in [-0.1, -0.05) is 20.8 Å². The molecule has 0 amide bonds. The van der Waals surface area contributed by atoms with Crippen LogP contribution in [0.15, 0.2) is 12.4 Å². The van der Waals surface area contributed by atoms with Crippen molar-refractivity contribution in [1.29, 1.82) is 0 Å². The molecule has 2 unspecified atom stereocenters. The van der Waals surface area contributed by atoms with Crippen LogP contribution in [0.2, 0.25) is 0 Å². The Morgan fingerprint density at radius 2 is 1.86 bits per heavy atom. The maximum absolute atomic E-state index is 4.44. The number of hydrogen-bond acceptors (Lipinski definition) is 3. The molecule has 0 N–H and O–H groups in total. The molecule has 2 atom stereocenters. The second kappa shape index (κ2) is 3.89. The van der Waals surface area contributed by atoms with Crippen LogP contribution in [0.1, 0.15) is 44.0 Å². The van der Waals surface area contributed by atoms with E-state index >= 15 is 0 Å². The molecule has 0 spiro atoms. The summed E-state index contributed by atoms with van der Waals surface area (Å²) in [6, 6.07) is 0. The first kappa shape index (κ1) is 9.97. The summed E-state index contributed by atoms with van der Waals surface area (Å²) in [7, 11) is 0. The minimum atomic E-state index is 0.515. The Hall–Kier alpha value is -0.570. The number of aromatic nitrogens is 2. The average molecular weight is 208 g/mol. The maximum Gasteiger partial charge on any atom is 0.132 e. The van der Waals surface area contributed by atoms with Crippen molar-refractivity contribution in [2.45, 2.75) is 37.9 Å². The lowest BCUT2D eigenvalue weighted by atomic mass is 10.1. The van der Waals surface area contributed by atoms with Crippen molar-refractivity contribution in [1.82, 2.24) is 9.97 Å². The van der Waals surface area contributed by atoms with Crippen LogP contribution in [-0.2, 0) is 0 Å². The Morgan fingerprint density at radius 1 is 1.29 bits per heavy atom. The topological polar surface area (TPSA) is 25.8 Å². The Balaban J connectivity index is 2.12. The third-order valence-corrected chi connectivity index (χ3v) is 3.81. The fourth-order valence-corrected chi connectivity index (χ4v) is 2.20. The highest BCUT2D eigenvalue weighted by atomic mass is 32.2. The van der Waals surface area contributed by atoms with Gasteiger partial charge in [-0.3, -0.25) is 0 Å². The molecule has 1 aliphatic heterocycles. The lowest BCUT2D eigenvalue weighted by molar-refractivity contribution is 0.717. The molecule has 2 heterocycles. The summed E-state index contributed by atoms with van der Waals surface area (Å²) in [5, 5.41) is 0.764. The molecule has 0 aromatic carbocycles. The van der Waals surface area contributed by atoms with Gasteiger partial charge in [0.05, 0.1) is 0 Å². The second-order valence-corrected chi connectivity index (χ2v) is 5.46. The van der Waals surface area contributed by atoms with Crippen molar-refractivity contribution < 1.29 is 0 Å². The molecular formula is C11H16N2S. The molecule has 1 aromatic rings. The Morgan fingerprint density at radius 3 is 2.29 bits per heavy atom. The fourth-order valence-electron chi connectivity index (χ4n) is 1.39. The van der Waals surface area contributed by atoms with Crippen LogP contribution in [0.3, 0.4) is 0 Å². The smallest absolute Gasteiger partial charge is 0.132 e. The molecule has 0 radical (unpaired) electrons. The third kappa shape index (κ3) is 2.08. The van der Waals surface area contributed by atoms with Gasteiger partial charge in [-0.2, -0.15) is 11.8 Å². The molecular weight excluding hydrogens is 192 g/mol. The molecule has 76 valence electrons. The Labute approximate surface area is 89.5 Å². The van der Waals surface area contributed by atoms with Crippen molar-refractivity contribution >= 4 is 11.8 Å². The quantitative estimate of drug-likeness (QED) is 0.714. The van der Waals surface area contributed by atoms with E-state index in [-0.39, 0.29) is 0 Å². The maximum atomic E-state index is 4.44. The highest BCUT2D eigenvalue weighted by Crippen LogP contribution is 2.40. The average Bonchev–Trinajstić information content (AvgIpc) is 3.00.